The predicted molar refractivity (Wildman–Crippen MR) is 112 cm³/mol. The van der Waals surface area contributed by atoms with E-state index >= 15 is 0 Å². The van der Waals surface area contributed by atoms with Gasteiger partial charge in [0.2, 0.25) is 11.8 Å². The van der Waals surface area contributed by atoms with Crippen molar-refractivity contribution in [2.45, 2.75) is 44.7 Å². The van der Waals surface area contributed by atoms with E-state index in [2.05, 4.69) is 15.5 Å². The van der Waals surface area contributed by atoms with Gasteiger partial charge in [0, 0.05) is 19.5 Å². The van der Waals surface area contributed by atoms with Crippen molar-refractivity contribution in [2.24, 2.45) is 11.8 Å². The fourth-order valence-electron chi connectivity index (χ4n) is 5.63. The predicted octanol–water partition coefficient (Wildman–Crippen LogP) is 0.909. The zero-order chi connectivity index (χ0) is 21.5. The van der Waals surface area contributed by atoms with Crippen molar-refractivity contribution in [1.82, 2.24) is 20.4 Å². The molecule has 31 heavy (non-hydrogen) atoms. The number of hydrogen-bond donors (Lipinski definition) is 2. The summed E-state index contributed by atoms with van der Waals surface area (Å²) in [5.41, 5.74) is 1.62. The number of fused-ring (bicyclic) bond motifs is 1. The van der Waals surface area contributed by atoms with Crippen LogP contribution in [0.1, 0.15) is 58.4 Å². The van der Waals surface area contributed by atoms with Crippen LogP contribution in [0.25, 0.3) is 0 Å². The maximum atomic E-state index is 13.3. The van der Waals surface area contributed by atoms with E-state index in [9.17, 15) is 19.2 Å². The van der Waals surface area contributed by atoms with Gasteiger partial charge in [-0.1, -0.05) is 12.1 Å². The highest BCUT2D eigenvalue weighted by Gasteiger charge is 2.45. The van der Waals surface area contributed by atoms with Gasteiger partial charge in [-0.3, -0.25) is 34.3 Å². The number of nitrogens with zero attached hydrogens (tertiary/aromatic N) is 2. The summed E-state index contributed by atoms with van der Waals surface area (Å²) in [7, 11) is 0. The molecule has 5 rings (SSSR count). The number of likely N-dealkylation sites (tertiary alicyclic amines) is 1. The summed E-state index contributed by atoms with van der Waals surface area (Å²) in [4.78, 5) is 53.4. The number of imide groups is 2. The second kappa shape index (κ2) is 8.16. The van der Waals surface area contributed by atoms with Gasteiger partial charge in [-0.25, -0.2) is 0 Å². The van der Waals surface area contributed by atoms with E-state index in [4.69, 9.17) is 0 Å². The number of piperidine rings is 2. The van der Waals surface area contributed by atoms with Gasteiger partial charge in [-0.15, -0.1) is 0 Å². The quantitative estimate of drug-likeness (QED) is 0.697. The monoisotopic (exact) mass is 424 g/mol. The van der Waals surface area contributed by atoms with Gasteiger partial charge in [0.1, 0.15) is 6.04 Å². The summed E-state index contributed by atoms with van der Waals surface area (Å²) in [6.07, 6.45) is 3.98. The lowest BCUT2D eigenvalue weighted by atomic mass is 9.86. The zero-order valence-electron chi connectivity index (χ0n) is 17.6. The Balaban J connectivity index is 1.33. The molecule has 3 unspecified atom stereocenters. The third kappa shape index (κ3) is 3.68. The Morgan fingerprint density at radius 3 is 2.65 bits per heavy atom. The van der Waals surface area contributed by atoms with Crippen LogP contribution in [0.4, 0.5) is 0 Å². The van der Waals surface area contributed by atoms with E-state index in [0.29, 0.717) is 29.5 Å². The van der Waals surface area contributed by atoms with Gasteiger partial charge < -0.3 is 5.32 Å². The smallest absolute Gasteiger partial charge is 0.262 e. The van der Waals surface area contributed by atoms with Crippen molar-refractivity contribution >= 4 is 23.6 Å². The number of rotatable bonds is 4. The fraction of sp³-hybridized carbons (Fsp3) is 0.565. The fourth-order valence-corrected chi connectivity index (χ4v) is 5.63. The topological polar surface area (TPSA) is 98.8 Å². The van der Waals surface area contributed by atoms with E-state index in [1.54, 1.807) is 6.07 Å². The minimum Gasteiger partial charge on any atom is -0.316 e. The second-order valence-electron chi connectivity index (χ2n) is 9.18. The summed E-state index contributed by atoms with van der Waals surface area (Å²) in [6, 6.07) is 4.46. The van der Waals surface area contributed by atoms with Crippen LogP contribution in [0.3, 0.4) is 0 Å². The van der Waals surface area contributed by atoms with Crippen LogP contribution in [0.5, 0.6) is 0 Å². The molecule has 8 heteroatoms. The molecule has 3 saturated heterocycles. The maximum absolute atomic E-state index is 13.3. The molecule has 0 radical (unpaired) electrons. The molecule has 4 aliphatic heterocycles. The maximum Gasteiger partial charge on any atom is 0.262 e. The van der Waals surface area contributed by atoms with Gasteiger partial charge in [0.25, 0.3) is 11.8 Å². The molecule has 4 amide bonds. The van der Waals surface area contributed by atoms with Gasteiger partial charge in [0.15, 0.2) is 0 Å². The molecule has 1 aromatic carbocycles. The molecule has 0 aromatic heterocycles. The first-order valence-corrected chi connectivity index (χ1v) is 11.3. The summed E-state index contributed by atoms with van der Waals surface area (Å²) in [6.45, 7) is 4.83. The van der Waals surface area contributed by atoms with Crippen molar-refractivity contribution in [1.29, 1.82) is 0 Å². The van der Waals surface area contributed by atoms with Crippen LogP contribution in [0.15, 0.2) is 18.2 Å². The number of carbonyl (C=O) groups excluding carboxylic acids is 4. The molecule has 4 aliphatic rings. The molecule has 164 valence electrons. The molecule has 8 nitrogen and oxygen atoms in total. The average molecular weight is 425 g/mol. The molecule has 3 atom stereocenters. The normalized spacial score (nSPS) is 29.4. The highest BCUT2D eigenvalue weighted by atomic mass is 16.2. The summed E-state index contributed by atoms with van der Waals surface area (Å²) in [5.74, 6) is -0.416. The van der Waals surface area contributed by atoms with Gasteiger partial charge in [-0.2, -0.15) is 0 Å². The molecule has 0 spiro atoms. The van der Waals surface area contributed by atoms with E-state index in [-0.39, 0.29) is 18.7 Å². The molecular formula is C23H28N4O4. The van der Waals surface area contributed by atoms with Crippen LogP contribution in [-0.4, -0.2) is 65.6 Å². The van der Waals surface area contributed by atoms with E-state index in [1.165, 1.54) is 12.8 Å². The number of nitrogens with one attached hydrogen (secondary N) is 2. The molecule has 2 N–H and O–H groups in total. The molecule has 4 heterocycles. The Morgan fingerprint density at radius 2 is 1.87 bits per heavy atom. The Morgan fingerprint density at radius 1 is 1.00 bits per heavy atom. The lowest BCUT2D eigenvalue weighted by Crippen LogP contribution is -2.54. The van der Waals surface area contributed by atoms with Crippen molar-refractivity contribution in [3.05, 3.63) is 34.9 Å². The lowest BCUT2D eigenvalue weighted by molar-refractivity contribution is -0.136. The minimum absolute atomic E-state index is 0.127. The van der Waals surface area contributed by atoms with Gasteiger partial charge in [0.05, 0.1) is 11.1 Å². The van der Waals surface area contributed by atoms with Crippen molar-refractivity contribution < 1.29 is 19.2 Å². The molecular weight excluding hydrogens is 396 g/mol. The standard InChI is InChI=1S/C23H28N4O4/c28-19-7-6-18(21(29)25-19)27-22(30)17-5-1-3-16(20(17)23(27)31)13-26-10-8-15(12-26)14-4-2-9-24-11-14/h1,3,5,14-15,18,24H,2,4,6-13H2,(H,25,28,29). The van der Waals surface area contributed by atoms with E-state index in [0.717, 1.165) is 43.1 Å². The third-order valence-corrected chi connectivity index (χ3v) is 7.26. The number of amides is 4. The van der Waals surface area contributed by atoms with Gasteiger partial charge in [-0.05, 0) is 68.8 Å². The zero-order valence-corrected chi connectivity index (χ0v) is 17.6. The number of hydrogen-bond acceptors (Lipinski definition) is 6. The summed E-state index contributed by atoms with van der Waals surface area (Å²) >= 11 is 0. The molecule has 0 aliphatic carbocycles. The van der Waals surface area contributed by atoms with Crippen LogP contribution in [0, 0.1) is 11.8 Å². The Labute approximate surface area is 181 Å². The van der Waals surface area contributed by atoms with Crippen LogP contribution >= 0.6 is 0 Å². The minimum atomic E-state index is -0.923. The average Bonchev–Trinajstić information content (AvgIpc) is 3.33. The van der Waals surface area contributed by atoms with E-state index in [1.807, 2.05) is 12.1 Å². The first-order chi connectivity index (χ1) is 15.0. The molecule has 0 bridgehead atoms. The largest absolute Gasteiger partial charge is 0.316 e. The Hall–Kier alpha value is -2.58. The number of benzene rings is 1. The summed E-state index contributed by atoms with van der Waals surface area (Å²) in [5, 5.41) is 5.75. The van der Waals surface area contributed by atoms with Crippen LogP contribution in [0.2, 0.25) is 0 Å². The first kappa shape index (κ1) is 20.3. The molecule has 3 fully saturated rings. The lowest BCUT2D eigenvalue weighted by Gasteiger charge is -2.28. The first-order valence-electron chi connectivity index (χ1n) is 11.3. The van der Waals surface area contributed by atoms with Crippen molar-refractivity contribution in [2.75, 3.05) is 26.2 Å². The molecule has 1 aromatic rings. The summed E-state index contributed by atoms with van der Waals surface area (Å²) < 4.78 is 0. The van der Waals surface area contributed by atoms with Crippen LogP contribution in [-0.2, 0) is 16.1 Å². The number of carbonyl (C=O) groups is 4. The third-order valence-electron chi connectivity index (χ3n) is 7.26. The SMILES string of the molecule is O=C1CCC(N2C(=O)c3cccc(CN4CCC(C5CCCNC5)C4)c3C2=O)C(=O)N1. The highest BCUT2D eigenvalue weighted by molar-refractivity contribution is 6.24. The van der Waals surface area contributed by atoms with Crippen molar-refractivity contribution in [3.63, 3.8) is 0 Å². The van der Waals surface area contributed by atoms with Crippen LogP contribution < -0.4 is 10.6 Å². The molecule has 0 saturated carbocycles. The van der Waals surface area contributed by atoms with E-state index < -0.39 is 23.8 Å². The van der Waals surface area contributed by atoms with Gasteiger partial charge >= 0.3 is 0 Å². The van der Waals surface area contributed by atoms with Crippen molar-refractivity contribution in [3.8, 4) is 0 Å². The Kier molecular flexibility index (Phi) is 5.35. The second-order valence-corrected chi connectivity index (χ2v) is 9.18. The highest BCUT2D eigenvalue weighted by Crippen LogP contribution is 2.33. The Bertz CT molecular complexity index is 940.